The van der Waals surface area contributed by atoms with E-state index in [2.05, 4.69) is 18.2 Å². The van der Waals surface area contributed by atoms with Crippen LogP contribution in [-0.2, 0) is 4.79 Å². The zero-order chi connectivity index (χ0) is 12.2. The van der Waals surface area contributed by atoms with Gasteiger partial charge in [0, 0.05) is 6.54 Å². The maximum absolute atomic E-state index is 12.2. The Kier molecular flexibility index (Phi) is 4.37. The zero-order valence-corrected chi connectivity index (χ0v) is 10.5. The number of terminal acetylenes is 1. The maximum Gasteiger partial charge on any atom is 0.240 e. The Morgan fingerprint density at radius 2 is 2.31 bits per heavy atom. The van der Waals surface area contributed by atoms with Gasteiger partial charge in [0.15, 0.2) is 0 Å². The van der Waals surface area contributed by atoms with E-state index in [0.717, 1.165) is 32.4 Å². The van der Waals surface area contributed by atoms with Crippen LogP contribution in [0.1, 0.15) is 40.0 Å². The number of hydrogen-bond donors (Lipinski definition) is 1. The molecule has 1 saturated heterocycles. The maximum atomic E-state index is 12.2. The lowest BCUT2D eigenvalue weighted by Gasteiger charge is -2.40. The Hall–Kier alpha value is -1.01. The van der Waals surface area contributed by atoms with Crippen molar-refractivity contribution in [2.75, 3.05) is 13.1 Å². The van der Waals surface area contributed by atoms with Crippen LogP contribution in [0.4, 0.5) is 0 Å². The van der Waals surface area contributed by atoms with Crippen LogP contribution in [0.5, 0.6) is 0 Å². The average Bonchev–Trinajstić information content (AvgIpc) is 2.27. The summed E-state index contributed by atoms with van der Waals surface area (Å²) in [5, 5.41) is 3.29. The molecule has 0 aliphatic carbocycles. The van der Waals surface area contributed by atoms with Crippen molar-refractivity contribution in [3.05, 3.63) is 0 Å². The SMILES string of the molecule is C#CC(C)(C)N1CCCC(NCCC)C1=O. The standard InChI is InChI=1S/C13H22N2O/c1-5-9-14-11-8-7-10-15(12(11)16)13(3,4)6-2/h2,11,14H,5,7-10H2,1,3-4H3. The lowest BCUT2D eigenvalue weighted by Crippen LogP contribution is -2.57. The molecule has 3 nitrogen and oxygen atoms in total. The fourth-order valence-corrected chi connectivity index (χ4v) is 2.02. The lowest BCUT2D eigenvalue weighted by molar-refractivity contribution is -0.139. The van der Waals surface area contributed by atoms with E-state index in [0.29, 0.717) is 0 Å². The van der Waals surface area contributed by atoms with Crippen LogP contribution >= 0.6 is 0 Å². The van der Waals surface area contributed by atoms with Crippen LogP contribution in [0, 0.1) is 12.3 Å². The van der Waals surface area contributed by atoms with Crippen LogP contribution in [-0.4, -0.2) is 35.5 Å². The number of nitrogens with one attached hydrogen (secondary N) is 1. The summed E-state index contributed by atoms with van der Waals surface area (Å²) in [6.45, 7) is 7.62. The summed E-state index contributed by atoms with van der Waals surface area (Å²) < 4.78 is 0. The molecule has 1 amide bonds. The minimum atomic E-state index is -0.469. The zero-order valence-electron chi connectivity index (χ0n) is 10.5. The predicted octanol–water partition coefficient (Wildman–Crippen LogP) is 1.39. The highest BCUT2D eigenvalue weighted by Crippen LogP contribution is 2.21. The molecule has 1 rings (SSSR count). The molecule has 16 heavy (non-hydrogen) atoms. The van der Waals surface area contributed by atoms with Crippen molar-refractivity contribution in [1.29, 1.82) is 0 Å². The number of nitrogens with zero attached hydrogens (tertiary/aromatic N) is 1. The number of rotatable bonds is 4. The number of carbonyl (C=O) groups is 1. The molecule has 1 fully saturated rings. The summed E-state index contributed by atoms with van der Waals surface area (Å²) >= 11 is 0. The fraction of sp³-hybridized carbons (Fsp3) is 0.769. The number of hydrogen-bond acceptors (Lipinski definition) is 2. The Bertz CT molecular complexity index is 291. The van der Waals surface area contributed by atoms with Gasteiger partial charge >= 0.3 is 0 Å². The van der Waals surface area contributed by atoms with E-state index in [1.54, 1.807) is 0 Å². The molecule has 1 N–H and O–H groups in total. The van der Waals surface area contributed by atoms with Crippen molar-refractivity contribution in [3.63, 3.8) is 0 Å². The first-order valence-corrected chi connectivity index (χ1v) is 6.05. The highest BCUT2D eigenvalue weighted by molar-refractivity contribution is 5.83. The second-order valence-corrected chi connectivity index (χ2v) is 4.84. The van der Waals surface area contributed by atoms with Gasteiger partial charge in [0.05, 0.1) is 11.6 Å². The Morgan fingerprint density at radius 1 is 1.62 bits per heavy atom. The molecule has 3 heteroatoms. The fourth-order valence-electron chi connectivity index (χ4n) is 2.02. The number of carbonyl (C=O) groups excluding carboxylic acids is 1. The molecule has 1 atom stereocenters. The van der Waals surface area contributed by atoms with E-state index in [-0.39, 0.29) is 11.9 Å². The van der Waals surface area contributed by atoms with E-state index in [9.17, 15) is 4.79 Å². The second-order valence-electron chi connectivity index (χ2n) is 4.84. The molecule has 0 bridgehead atoms. The predicted molar refractivity (Wildman–Crippen MR) is 65.9 cm³/mol. The quantitative estimate of drug-likeness (QED) is 0.729. The highest BCUT2D eigenvalue weighted by Gasteiger charge is 2.35. The molecule has 0 aromatic rings. The van der Waals surface area contributed by atoms with Crippen LogP contribution < -0.4 is 5.32 Å². The van der Waals surface area contributed by atoms with Gasteiger partial charge in [-0.15, -0.1) is 6.42 Å². The van der Waals surface area contributed by atoms with Crippen molar-refractivity contribution < 1.29 is 4.79 Å². The van der Waals surface area contributed by atoms with Gasteiger partial charge < -0.3 is 10.2 Å². The summed E-state index contributed by atoms with van der Waals surface area (Å²) in [6.07, 6.45) is 8.48. The van der Waals surface area contributed by atoms with Gasteiger partial charge in [-0.3, -0.25) is 4.79 Å². The largest absolute Gasteiger partial charge is 0.325 e. The van der Waals surface area contributed by atoms with Gasteiger partial charge in [0.1, 0.15) is 0 Å². The van der Waals surface area contributed by atoms with Gasteiger partial charge in [0.25, 0.3) is 0 Å². The van der Waals surface area contributed by atoms with Gasteiger partial charge in [0.2, 0.25) is 5.91 Å². The summed E-state index contributed by atoms with van der Waals surface area (Å²) in [5.74, 6) is 2.85. The first-order valence-electron chi connectivity index (χ1n) is 6.05. The minimum absolute atomic E-state index is 0.0404. The third-order valence-corrected chi connectivity index (χ3v) is 3.11. The Balaban J connectivity index is 2.68. The number of amides is 1. The molecule has 0 saturated carbocycles. The van der Waals surface area contributed by atoms with Crippen LogP contribution in [0.15, 0.2) is 0 Å². The minimum Gasteiger partial charge on any atom is -0.325 e. The normalized spacial score (nSPS) is 22.0. The van der Waals surface area contributed by atoms with E-state index in [1.807, 2.05) is 18.7 Å². The van der Waals surface area contributed by atoms with Crippen molar-refractivity contribution in [2.24, 2.45) is 0 Å². The molecule has 0 spiro atoms. The first kappa shape index (κ1) is 13.1. The summed E-state index contributed by atoms with van der Waals surface area (Å²) in [6, 6.07) is -0.0404. The van der Waals surface area contributed by atoms with Crippen molar-refractivity contribution in [2.45, 2.75) is 51.6 Å². The third-order valence-electron chi connectivity index (χ3n) is 3.11. The summed E-state index contributed by atoms with van der Waals surface area (Å²) in [7, 11) is 0. The van der Waals surface area contributed by atoms with E-state index >= 15 is 0 Å². The van der Waals surface area contributed by atoms with Crippen LogP contribution in [0.25, 0.3) is 0 Å². The molecule has 90 valence electrons. The molecule has 1 aliphatic heterocycles. The molecule has 1 heterocycles. The van der Waals surface area contributed by atoms with Crippen LogP contribution in [0.2, 0.25) is 0 Å². The molecule has 0 aromatic carbocycles. The Labute approximate surface area is 98.6 Å². The lowest BCUT2D eigenvalue weighted by atomic mass is 9.96. The van der Waals surface area contributed by atoms with E-state index < -0.39 is 5.54 Å². The topological polar surface area (TPSA) is 32.3 Å². The third kappa shape index (κ3) is 2.76. The second kappa shape index (κ2) is 5.36. The van der Waals surface area contributed by atoms with Gasteiger partial charge in [-0.05, 0) is 39.7 Å². The smallest absolute Gasteiger partial charge is 0.240 e. The highest BCUT2D eigenvalue weighted by atomic mass is 16.2. The number of likely N-dealkylation sites (tertiary alicyclic amines) is 1. The average molecular weight is 222 g/mol. The molecule has 0 radical (unpaired) electrons. The van der Waals surface area contributed by atoms with Gasteiger partial charge in [-0.2, -0.15) is 0 Å². The van der Waals surface area contributed by atoms with E-state index in [1.165, 1.54) is 0 Å². The summed E-state index contributed by atoms with van der Waals surface area (Å²) in [5.41, 5.74) is -0.469. The van der Waals surface area contributed by atoms with Gasteiger partial charge in [-0.1, -0.05) is 12.8 Å². The summed E-state index contributed by atoms with van der Waals surface area (Å²) in [4.78, 5) is 14.0. The monoisotopic (exact) mass is 222 g/mol. The molecule has 0 aromatic heterocycles. The molecular weight excluding hydrogens is 200 g/mol. The molecular formula is C13H22N2O. The van der Waals surface area contributed by atoms with Crippen molar-refractivity contribution in [1.82, 2.24) is 10.2 Å². The molecule has 1 unspecified atom stereocenters. The first-order chi connectivity index (χ1) is 7.53. The number of piperidine rings is 1. The van der Waals surface area contributed by atoms with E-state index in [4.69, 9.17) is 6.42 Å². The van der Waals surface area contributed by atoms with Crippen molar-refractivity contribution >= 4 is 5.91 Å². The van der Waals surface area contributed by atoms with Crippen LogP contribution in [0.3, 0.4) is 0 Å². The van der Waals surface area contributed by atoms with Gasteiger partial charge in [-0.25, -0.2) is 0 Å². The Morgan fingerprint density at radius 3 is 2.88 bits per heavy atom. The van der Waals surface area contributed by atoms with Crippen molar-refractivity contribution in [3.8, 4) is 12.3 Å². The molecule has 1 aliphatic rings.